The summed E-state index contributed by atoms with van der Waals surface area (Å²) in [5.74, 6) is 4.06. The van der Waals surface area contributed by atoms with Gasteiger partial charge in [-0.3, -0.25) is 4.79 Å². The highest BCUT2D eigenvalue weighted by molar-refractivity contribution is 6.36. The molecule has 0 aliphatic heterocycles. The molecule has 0 aliphatic carbocycles. The Labute approximate surface area is 96.8 Å². The van der Waals surface area contributed by atoms with Crippen LogP contribution < -0.4 is 5.73 Å². The topological polar surface area (TPSA) is 63.3 Å². The molecule has 0 bridgehead atoms. The molecule has 0 fully saturated rings. The van der Waals surface area contributed by atoms with E-state index in [1.165, 1.54) is 12.1 Å². The van der Waals surface area contributed by atoms with Gasteiger partial charge in [-0.15, -0.1) is 0 Å². The van der Waals surface area contributed by atoms with Crippen LogP contribution in [0.3, 0.4) is 0 Å². The number of nitrogen functional groups attached to an aromatic ring is 1. The largest absolute Gasteiger partial charge is 0.481 e. The first-order chi connectivity index (χ1) is 7.00. The molecule has 1 aromatic rings. The summed E-state index contributed by atoms with van der Waals surface area (Å²) in [5.41, 5.74) is 6.37. The molecule has 15 heavy (non-hydrogen) atoms. The highest BCUT2D eigenvalue weighted by Gasteiger charge is 2.03. The third kappa shape index (κ3) is 3.35. The molecule has 0 radical (unpaired) electrons. The Morgan fingerprint density at radius 2 is 2.13 bits per heavy atom. The second-order valence-electron chi connectivity index (χ2n) is 2.72. The van der Waals surface area contributed by atoms with Gasteiger partial charge in [0.1, 0.15) is 6.42 Å². The Hall–Kier alpha value is -1.37. The number of carbonyl (C=O) groups is 1. The van der Waals surface area contributed by atoms with Crippen LogP contribution in [0.2, 0.25) is 10.0 Å². The van der Waals surface area contributed by atoms with Gasteiger partial charge in [0.05, 0.1) is 16.3 Å². The van der Waals surface area contributed by atoms with Crippen molar-refractivity contribution in [2.24, 2.45) is 0 Å². The number of nitrogens with two attached hydrogens (primary N) is 1. The number of hydrogen-bond acceptors (Lipinski definition) is 2. The average Bonchev–Trinajstić information content (AvgIpc) is 2.12. The summed E-state index contributed by atoms with van der Waals surface area (Å²) < 4.78 is 0. The maximum atomic E-state index is 10.2. The Morgan fingerprint density at radius 3 is 2.73 bits per heavy atom. The minimum absolute atomic E-state index is 0.246. The van der Waals surface area contributed by atoms with Crippen molar-refractivity contribution >= 4 is 34.9 Å². The van der Waals surface area contributed by atoms with E-state index in [-0.39, 0.29) is 6.42 Å². The van der Waals surface area contributed by atoms with E-state index in [0.717, 1.165) is 0 Å². The molecule has 5 heteroatoms. The van der Waals surface area contributed by atoms with Crippen LogP contribution in [0.5, 0.6) is 0 Å². The van der Waals surface area contributed by atoms with E-state index in [0.29, 0.717) is 21.3 Å². The van der Waals surface area contributed by atoms with Gasteiger partial charge in [0.15, 0.2) is 0 Å². The Bertz CT molecular complexity index is 460. The van der Waals surface area contributed by atoms with Gasteiger partial charge in [-0.25, -0.2) is 0 Å². The van der Waals surface area contributed by atoms with E-state index >= 15 is 0 Å². The van der Waals surface area contributed by atoms with Gasteiger partial charge in [0.25, 0.3) is 0 Å². The lowest BCUT2D eigenvalue weighted by Crippen LogP contribution is -1.93. The number of carboxylic acid groups (broad SMARTS) is 1. The molecular weight excluding hydrogens is 237 g/mol. The molecular formula is C10H7Cl2NO2. The molecule has 0 amide bonds. The summed E-state index contributed by atoms with van der Waals surface area (Å²) in [7, 11) is 0. The highest BCUT2D eigenvalue weighted by Crippen LogP contribution is 2.26. The van der Waals surface area contributed by atoms with Gasteiger partial charge in [-0.1, -0.05) is 35.0 Å². The predicted octanol–water partition coefficient (Wildman–Crippen LogP) is 2.40. The van der Waals surface area contributed by atoms with Crippen LogP contribution in [0.15, 0.2) is 12.1 Å². The lowest BCUT2D eigenvalue weighted by Gasteiger charge is -2.01. The van der Waals surface area contributed by atoms with Crippen LogP contribution in [0.4, 0.5) is 5.69 Å². The van der Waals surface area contributed by atoms with Crippen LogP contribution in [-0.4, -0.2) is 11.1 Å². The molecule has 0 atom stereocenters. The van der Waals surface area contributed by atoms with Crippen LogP contribution in [0.25, 0.3) is 0 Å². The van der Waals surface area contributed by atoms with Gasteiger partial charge >= 0.3 is 5.97 Å². The maximum Gasteiger partial charge on any atom is 0.315 e. The predicted molar refractivity (Wildman–Crippen MR) is 60.0 cm³/mol. The summed E-state index contributed by atoms with van der Waals surface area (Å²) in [6, 6.07) is 3.04. The first-order valence-electron chi connectivity index (χ1n) is 3.96. The van der Waals surface area contributed by atoms with Crippen molar-refractivity contribution in [3.63, 3.8) is 0 Å². The lowest BCUT2D eigenvalue weighted by molar-refractivity contribution is -0.135. The first kappa shape index (κ1) is 11.7. The van der Waals surface area contributed by atoms with Crippen molar-refractivity contribution in [2.45, 2.75) is 6.42 Å². The van der Waals surface area contributed by atoms with Gasteiger partial charge in [0, 0.05) is 5.02 Å². The van der Waals surface area contributed by atoms with Crippen molar-refractivity contribution in [2.75, 3.05) is 5.73 Å². The number of aliphatic carboxylic acids is 1. The second-order valence-corrected chi connectivity index (χ2v) is 3.56. The summed E-state index contributed by atoms with van der Waals surface area (Å²) in [4.78, 5) is 10.2. The van der Waals surface area contributed by atoms with Gasteiger partial charge in [-0.2, -0.15) is 0 Å². The summed E-state index contributed by atoms with van der Waals surface area (Å²) in [6.07, 6.45) is -0.246. The van der Waals surface area contributed by atoms with Gasteiger partial charge < -0.3 is 10.8 Å². The molecule has 0 spiro atoms. The number of benzene rings is 1. The quantitative estimate of drug-likeness (QED) is 0.588. The Balaban J connectivity index is 3.02. The molecule has 0 saturated heterocycles. The molecule has 0 unspecified atom stereocenters. The van der Waals surface area contributed by atoms with Crippen LogP contribution in [0.1, 0.15) is 12.0 Å². The van der Waals surface area contributed by atoms with E-state index < -0.39 is 5.97 Å². The SMILES string of the molecule is Nc1c(Cl)cc(Cl)cc1C#CCC(=O)O. The molecule has 0 saturated carbocycles. The third-order valence-electron chi connectivity index (χ3n) is 1.56. The normalized spacial score (nSPS) is 9.20. The van der Waals surface area contributed by atoms with Crippen LogP contribution in [-0.2, 0) is 4.79 Å². The summed E-state index contributed by atoms with van der Waals surface area (Å²) in [6.45, 7) is 0. The Kier molecular flexibility index (Phi) is 3.84. The number of hydrogen-bond donors (Lipinski definition) is 2. The fourth-order valence-electron chi connectivity index (χ4n) is 0.903. The maximum absolute atomic E-state index is 10.2. The smallest absolute Gasteiger partial charge is 0.315 e. The molecule has 0 aliphatic rings. The number of carboxylic acids is 1. The van der Waals surface area contributed by atoms with Gasteiger partial charge in [-0.05, 0) is 12.1 Å². The monoisotopic (exact) mass is 243 g/mol. The standard InChI is InChI=1S/C10H7Cl2NO2/c11-7-4-6(2-1-3-9(14)15)10(13)8(12)5-7/h4-5H,3,13H2,(H,14,15). The van der Waals surface area contributed by atoms with E-state index in [4.69, 9.17) is 34.0 Å². The minimum atomic E-state index is -0.991. The molecule has 78 valence electrons. The fourth-order valence-corrected chi connectivity index (χ4v) is 1.40. The van der Waals surface area contributed by atoms with Gasteiger partial charge in [0.2, 0.25) is 0 Å². The lowest BCUT2D eigenvalue weighted by atomic mass is 10.2. The first-order valence-corrected chi connectivity index (χ1v) is 4.71. The van der Waals surface area contributed by atoms with Crippen molar-refractivity contribution in [3.8, 4) is 11.8 Å². The Morgan fingerprint density at radius 1 is 1.47 bits per heavy atom. The molecule has 1 rings (SSSR count). The summed E-state index contributed by atoms with van der Waals surface area (Å²) in [5, 5.41) is 9.10. The van der Waals surface area contributed by atoms with Crippen LogP contribution >= 0.6 is 23.2 Å². The molecule has 3 N–H and O–H groups in total. The number of anilines is 1. The highest BCUT2D eigenvalue weighted by atomic mass is 35.5. The number of rotatable bonds is 1. The minimum Gasteiger partial charge on any atom is -0.481 e. The molecule has 1 aromatic carbocycles. The zero-order valence-corrected chi connectivity index (χ0v) is 9.06. The fraction of sp³-hybridized carbons (Fsp3) is 0.100. The van der Waals surface area contributed by atoms with E-state index in [1.54, 1.807) is 0 Å². The third-order valence-corrected chi connectivity index (χ3v) is 2.09. The second kappa shape index (κ2) is 4.92. The average molecular weight is 244 g/mol. The van der Waals surface area contributed by atoms with Crippen LogP contribution in [0, 0.1) is 11.8 Å². The zero-order chi connectivity index (χ0) is 11.4. The van der Waals surface area contributed by atoms with E-state index in [9.17, 15) is 4.79 Å². The zero-order valence-electron chi connectivity index (χ0n) is 7.55. The van der Waals surface area contributed by atoms with E-state index in [1.807, 2.05) is 0 Å². The van der Waals surface area contributed by atoms with Crippen molar-refractivity contribution < 1.29 is 9.90 Å². The van der Waals surface area contributed by atoms with Crippen molar-refractivity contribution in [1.82, 2.24) is 0 Å². The van der Waals surface area contributed by atoms with Crippen molar-refractivity contribution in [1.29, 1.82) is 0 Å². The number of halogens is 2. The summed E-state index contributed by atoms with van der Waals surface area (Å²) >= 11 is 11.5. The van der Waals surface area contributed by atoms with Crippen molar-refractivity contribution in [3.05, 3.63) is 27.7 Å². The molecule has 3 nitrogen and oxygen atoms in total. The molecule has 0 heterocycles. The molecule has 0 aromatic heterocycles. The van der Waals surface area contributed by atoms with E-state index in [2.05, 4.69) is 11.8 Å².